The van der Waals surface area contributed by atoms with Crippen molar-refractivity contribution in [3.63, 3.8) is 0 Å². The summed E-state index contributed by atoms with van der Waals surface area (Å²) in [5, 5.41) is 8.43. The molecule has 0 atom stereocenters. The van der Waals surface area contributed by atoms with Gasteiger partial charge in [-0.3, -0.25) is 10.2 Å². The second-order valence-electron chi connectivity index (χ2n) is 4.71. The average molecular weight is 421 g/mol. The number of carbonyl (C=O) groups is 1. The maximum absolute atomic E-state index is 12.0. The van der Waals surface area contributed by atoms with Crippen molar-refractivity contribution in [2.24, 2.45) is 0 Å². The van der Waals surface area contributed by atoms with Gasteiger partial charge in [0.15, 0.2) is 0 Å². The summed E-state index contributed by atoms with van der Waals surface area (Å²) >= 11 is 2.14. The highest BCUT2D eigenvalue weighted by Gasteiger charge is 2.09. The molecule has 2 aromatic rings. The topological polar surface area (TPSA) is 74.2 Å². The molecule has 0 aromatic heterocycles. The third kappa shape index (κ3) is 5.54. The van der Waals surface area contributed by atoms with Crippen molar-refractivity contribution in [2.75, 3.05) is 6.54 Å². The van der Waals surface area contributed by atoms with Crippen molar-refractivity contribution in [3.05, 3.63) is 63.2 Å². The third-order valence-electron chi connectivity index (χ3n) is 2.99. The van der Waals surface area contributed by atoms with E-state index in [1.807, 2.05) is 36.4 Å². The molecule has 0 saturated heterocycles. The quantitative estimate of drug-likeness (QED) is 0.410. The molecule has 0 bridgehead atoms. The van der Waals surface area contributed by atoms with Gasteiger partial charge in [0.2, 0.25) is 0 Å². The number of halogens is 1. The molecule has 0 radical (unpaired) electrons. The second-order valence-corrected chi connectivity index (χ2v) is 5.87. The SMILES string of the molecule is N#CCCNNC(=O)c1ccc(OCc2ccccc2)c(I)c1. The van der Waals surface area contributed by atoms with Crippen LogP contribution in [0, 0.1) is 14.9 Å². The van der Waals surface area contributed by atoms with Crippen LogP contribution in [-0.4, -0.2) is 12.5 Å². The van der Waals surface area contributed by atoms with Crippen LogP contribution in [0.1, 0.15) is 22.3 Å². The summed E-state index contributed by atoms with van der Waals surface area (Å²) in [6, 6.07) is 17.2. The van der Waals surface area contributed by atoms with E-state index in [1.165, 1.54) is 0 Å². The van der Waals surface area contributed by atoms with Crippen LogP contribution in [0.15, 0.2) is 48.5 Å². The van der Waals surface area contributed by atoms with Gasteiger partial charge in [0.1, 0.15) is 12.4 Å². The Bertz CT molecular complexity index is 699. The average Bonchev–Trinajstić information content (AvgIpc) is 2.58. The molecule has 23 heavy (non-hydrogen) atoms. The first-order valence-corrected chi connectivity index (χ1v) is 8.15. The molecule has 0 unspecified atom stereocenters. The molecule has 2 rings (SSSR count). The molecule has 0 spiro atoms. The maximum Gasteiger partial charge on any atom is 0.265 e. The van der Waals surface area contributed by atoms with Gasteiger partial charge in [-0.25, -0.2) is 5.43 Å². The first-order valence-electron chi connectivity index (χ1n) is 7.07. The van der Waals surface area contributed by atoms with E-state index in [9.17, 15) is 4.79 Å². The van der Waals surface area contributed by atoms with Gasteiger partial charge in [0.05, 0.1) is 9.64 Å². The van der Waals surface area contributed by atoms with Crippen molar-refractivity contribution >= 4 is 28.5 Å². The van der Waals surface area contributed by atoms with Gasteiger partial charge in [0.25, 0.3) is 5.91 Å². The fourth-order valence-corrected chi connectivity index (χ4v) is 2.50. The van der Waals surface area contributed by atoms with Gasteiger partial charge in [-0.2, -0.15) is 5.26 Å². The van der Waals surface area contributed by atoms with E-state index in [-0.39, 0.29) is 5.91 Å². The van der Waals surface area contributed by atoms with Gasteiger partial charge >= 0.3 is 0 Å². The Balaban J connectivity index is 1.92. The minimum Gasteiger partial charge on any atom is -0.488 e. The van der Waals surface area contributed by atoms with E-state index < -0.39 is 0 Å². The largest absolute Gasteiger partial charge is 0.488 e. The van der Waals surface area contributed by atoms with Crippen LogP contribution in [0.4, 0.5) is 0 Å². The molecule has 5 nitrogen and oxygen atoms in total. The van der Waals surface area contributed by atoms with Gasteiger partial charge in [0, 0.05) is 18.5 Å². The number of carbonyl (C=O) groups excluding carboxylic acids is 1. The molecule has 0 heterocycles. The number of nitrogens with one attached hydrogen (secondary N) is 2. The molecule has 0 fully saturated rings. The normalized spacial score (nSPS) is 9.91. The van der Waals surface area contributed by atoms with Crippen LogP contribution >= 0.6 is 22.6 Å². The zero-order valence-electron chi connectivity index (χ0n) is 12.4. The Morgan fingerprint density at radius 1 is 1.22 bits per heavy atom. The number of nitriles is 1. The highest BCUT2D eigenvalue weighted by Crippen LogP contribution is 2.23. The molecule has 2 N–H and O–H groups in total. The molecule has 1 amide bonds. The molecular weight excluding hydrogens is 405 g/mol. The van der Waals surface area contributed by atoms with Gasteiger partial charge in [-0.1, -0.05) is 30.3 Å². The van der Waals surface area contributed by atoms with E-state index >= 15 is 0 Å². The number of amides is 1. The van der Waals surface area contributed by atoms with Gasteiger partial charge < -0.3 is 4.74 Å². The fourth-order valence-electron chi connectivity index (χ4n) is 1.83. The van der Waals surface area contributed by atoms with Crippen molar-refractivity contribution in [1.29, 1.82) is 5.26 Å². The van der Waals surface area contributed by atoms with Gasteiger partial charge in [-0.05, 0) is 46.4 Å². The Kier molecular flexibility index (Phi) is 6.84. The number of hydrogen-bond acceptors (Lipinski definition) is 4. The Labute approximate surface area is 148 Å². The van der Waals surface area contributed by atoms with Crippen molar-refractivity contribution < 1.29 is 9.53 Å². The summed E-state index contributed by atoms with van der Waals surface area (Å²) in [5.74, 6) is 0.499. The summed E-state index contributed by atoms with van der Waals surface area (Å²) in [7, 11) is 0. The monoisotopic (exact) mass is 421 g/mol. The fraction of sp³-hybridized carbons (Fsp3) is 0.176. The van der Waals surface area contributed by atoms with E-state index in [2.05, 4.69) is 33.4 Å². The molecule has 6 heteroatoms. The lowest BCUT2D eigenvalue weighted by Gasteiger charge is -2.10. The number of hydrogen-bond donors (Lipinski definition) is 2. The standard InChI is InChI=1S/C17H16IN3O2/c18-15-11-14(17(22)21-20-10-4-9-19)7-8-16(15)23-12-13-5-2-1-3-6-13/h1-3,5-8,11,20H,4,10,12H2,(H,21,22). The lowest BCUT2D eigenvalue weighted by molar-refractivity contribution is 0.0933. The highest BCUT2D eigenvalue weighted by atomic mass is 127. The Morgan fingerprint density at radius 3 is 2.70 bits per heavy atom. The van der Waals surface area contributed by atoms with E-state index in [0.717, 1.165) is 14.9 Å². The molecule has 2 aromatic carbocycles. The highest BCUT2D eigenvalue weighted by molar-refractivity contribution is 14.1. The minimum absolute atomic E-state index is 0.240. The zero-order chi connectivity index (χ0) is 16.5. The lowest BCUT2D eigenvalue weighted by atomic mass is 10.2. The first kappa shape index (κ1) is 17.2. The van der Waals surface area contributed by atoms with E-state index in [4.69, 9.17) is 10.00 Å². The smallest absolute Gasteiger partial charge is 0.265 e. The predicted octanol–water partition coefficient (Wildman–Crippen LogP) is 3.02. The number of benzene rings is 2. The molecule has 0 aliphatic carbocycles. The van der Waals surface area contributed by atoms with Gasteiger partial charge in [-0.15, -0.1) is 0 Å². The van der Waals surface area contributed by atoms with Crippen LogP contribution in [-0.2, 0) is 6.61 Å². The molecule has 0 aliphatic heterocycles. The van der Waals surface area contributed by atoms with Crippen LogP contribution in [0.2, 0.25) is 0 Å². The maximum atomic E-state index is 12.0. The molecular formula is C17H16IN3O2. The molecule has 0 saturated carbocycles. The van der Waals surface area contributed by atoms with Crippen LogP contribution < -0.4 is 15.6 Å². The number of rotatable bonds is 7. The first-order chi connectivity index (χ1) is 11.2. The zero-order valence-corrected chi connectivity index (χ0v) is 14.5. The van der Waals surface area contributed by atoms with Crippen molar-refractivity contribution in [2.45, 2.75) is 13.0 Å². The Hall–Kier alpha value is -2.11. The summed E-state index contributed by atoms with van der Waals surface area (Å²) in [6.07, 6.45) is 0.337. The summed E-state index contributed by atoms with van der Waals surface area (Å²) < 4.78 is 6.64. The van der Waals surface area contributed by atoms with E-state index in [0.29, 0.717) is 25.1 Å². The number of ether oxygens (including phenoxy) is 1. The van der Waals surface area contributed by atoms with Crippen molar-refractivity contribution in [3.8, 4) is 11.8 Å². The predicted molar refractivity (Wildman–Crippen MR) is 95.6 cm³/mol. The molecule has 118 valence electrons. The van der Waals surface area contributed by atoms with Crippen LogP contribution in [0.5, 0.6) is 5.75 Å². The summed E-state index contributed by atoms with van der Waals surface area (Å²) in [4.78, 5) is 12.0. The summed E-state index contributed by atoms with van der Waals surface area (Å²) in [6.45, 7) is 0.899. The van der Waals surface area contributed by atoms with Crippen molar-refractivity contribution in [1.82, 2.24) is 10.9 Å². The van der Waals surface area contributed by atoms with Crippen LogP contribution in [0.3, 0.4) is 0 Å². The lowest BCUT2D eigenvalue weighted by Crippen LogP contribution is -2.37. The minimum atomic E-state index is -0.240. The molecule has 0 aliphatic rings. The summed E-state index contributed by atoms with van der Waals surface area (Å²) in [5.41, 5.74) is 6.89. The van der Waals surface area contributed by atoms with Crippen LogP contribution in [0.25, 0.3) is 0 Å². The van der Waals surface area contributed by atoms with E-state index in [1.54, 1.807) is 18.2 Å². The Morgan fingerprint density at radius 2 is 2.00 bits per heavy atom. The number of hydrazine groups is 1. The third-order valence-corrected chi connectivity index (χ3v) is 3.84. The number of nitrogens with zero attached hydrogens (tertiary/aromatic N) is 1. The second kappa shape index (κ2) is 9.12.